The Labute approximate surface area is 103 Å². The number of carbonyl (C=O) groups excluding carboxylic acids is 2. The summed E-state index contributed by atoms with van der Waals surface area (Å²) in [6, 6.07) is 0. The summed E-state index contributed by atoms with van der Waals surface area (Å²) in [7, 11) is 0. The second-order valence-electron chi connectivity index (χ2n) is 3.92. The number of esters is 2. The molecule has 8 nitrogen and oxygen atoms in total. The van der Waals surface area contributed by atoms with E-state index in [0.717, 1.165) is 6.92 Å². The van der Waals surface area contributed by atoms with E-state index in [0.29, 0.717) is 0 Å². The molecule has 0 radical (unpaired) electrons. The van der Waals surface area contributed by atoms with E-state index in [-0.39, 0.29) is 6.61 Å². The number of hydrogen-bond acceptors (Lipinski definition) is 8. The first-order chi connectivity index (χ1) is 8.32. The fraction of sp³-hybridized carbons (Fsp3) is 0.800. The van der Waals surface area contributed by atoms with Crippen molar-refractivity contribution < 1.29 is 39.1 Å². The molecule has 1 heterocycles. The van der Waals surface area contributed by atoms with E-state index in [1.807, 2.05) is 0 Å². The third kappa shape index (κ3) is 3.64. The van der Waals surface area contributed by atoms with Crippen molar-refractivity contribution in [3.63, 3.8) is 0 Å². The smallest absolute Gasteiger partial charge is 0.303 e. The number of rotatable bonds is 3. The highest BCUT2D eigenvalue weighted by Crippen LogP contribution is 2.22. The monoisotopic (exact) mass is 264 g/mol. The van der Waals surface area contributed by atoms with Gasteiger partial charge < -0.3 is 29.5 Å². The number of hydrogen-bond donors (Lipinski definition) is 3. The van der Waals surface area contributed by atoms with Gasteiger partial charge in [0.1, 0.15) is 24.9 Å². The highest BCUT2D eigenvalue weighted by atomic mass is 16.7. The zero-order chi connectivity index (χ0) is 13.9. The third-order valence-corrected chi connectivity index (χ3v) is 2.41. The molecule has 0 aromatic rings. The van der Waals surface area contributed by atoms with Crippen molar-refractivity contribution in [3.05, 3.63) is 0 Å². The minimum atomic E-state index is -1.64. The van der Waals surface area contributed by atoms with E-state index in [9.17, 15) is 24.9 Å². The lowest BCUT2D eigenvalue weighted by Gasteiger charge is -2.39. The van der Waals surface area contributed by atoms with Crippen molar-refractivity contribution in [1.29, 1.82) is 0 Å². The molecular weight excluding hydrogens is 248 g/mol. The fourth-order valence-corrected chi connectivity index (χ4v) is 1.58. The first-order valence-electron chi connectivity index (χ1n) is 5.33. The van der Waals surface area contributed by atoms with Gasteiger partial charge in [-0.05, 0) is 0 Å². The summed E-state index contributed by atoms with van der Waals surface area (Å²) in [5.41, 5.74) is 0. The van der Waals surface area contributed by atoms with Gasteiger partial charge in [0.15, 0.2) is 12.4 Å². The van der Waals surface area contributed by atoms with Crippen LogP contribution in [-0.2, 0) is 23.8 Å². The van der Waals surface area contributed by atoms with E-state index < -0.39 is 42.6 Å². The van der Waals surface area contributed by atoms with Crippen molar-refractivity contribution in [2.24, 2.45) is 0 Å². The van der Waals surface area contributed by atoms with Crippen molar-refractivity contribution in [1.82, 2.24) is 0 Å². The maximum Gasteiger partial charge on any atom is 0.303 e. The van der Waals surface area contributed by atoms with Gasteiger partial charge in [-0.2, -0.15) is 0 Å². The summed E-state index contributed by atoms with van der Waals surface area (Å²) in [4.78, 5) is 21.5. The zero-order valence-corrected chi connectivity index (χ0v) is 9.98. The highest BCUT2D eigenvalue weighted by molar-refractivity contribution is 5.66. The van der Waals surface area contributed by atoms with Gasteiger partial charge in [-0.15, -0.1) is 0 Å². The maximum absolute atomic E-state index is 10.8. The molecule has 0 saturated carbocycles. The zero-order valence-electron chi connectivity index (χ0n) is 9.98. The maximum atomic E-state index is 10.8. The van der Waals surface area contributed by atoms with Gasteiger partial charge in [-0.25, -0.2) is 0 Å². The second-order valence-corrected chi connectivity index (χ2v) is 3.92. The van der Waals surface area contributed by atoms with Crippen LogP contribution in [0.5, 0.6) is 0 Å². The molecule has 8 heteroatoms. The Kier molecular flexibility index (Phi) is 5.03. The minimum Gasteiger partial charge on any atom is -0.463 e. The lowest BCUT2D eigenvalue weighted by Crippen LogP contribution is -2.60. The van der Waals surface area contributed by atoms with Crippen molar-refractivity contribution in [3.8, 4) is 0 Å². The molecule has 0 aromatic carbocycles. The molecule has 0 unspecified atom stereocenters. The number of aliphatic hydroxyl groups excluding tert-OH is 3. The predicted molar refractivity (Wildman–Crippen MR) is 55.1 cm³/mol. The van der Waals surface area contributed by atoms with E-state index in [4.69, 9.17) is 9.47 Å². The number of aliphatic hydroxyl groups is 3. The molecule has 1 aliphatic heterocycles. The Hall–Kier alpha value is -1.22. The van der Waals surface area contributed by atoms with Crippen LogP contribution in [0, 0.1) is 0 Å². The van der Waals surface area contributed by atoms with Gasteiger partial charge in [-0.3, -0.25) is 9.59 Å². The van der Waals surface area contributed by atoms with Gasteiger partial charge in [0.25, 0.3) is 0 Å². The first kappa shape index (κ1) is 14.8. The largest absolute Gasteiger partial charge is 0.463 e. The highest BCUT2D eigenvalue weighted by Gasteiger charge is 2.46. The Morgan fingerprint density at radius 3 is 2.22 bits per heavy atom. The van der Waals surface area contributed by atoms with E-state index in [2.05, 4.69) is 4.74 Å². The van der Waals surface area contributed by atoms with Crippen LogP contribution in [0.15, 0.2) is 0 Å². The van der Waals surface area contributed by atoms with Gasteiger partial charge in [0.05, 0.1) is 0 Å². The van der Waals surface area contributed by atoms with Crippen LogP contribution in [0.2, 0.25) is 0 Å². The lowest BCUT2D eigenvalue weighted by atomic mass is 9.99. The molecular formula is C10H16O8. The van der Waals surface area contributed by atoms with Crippen molar-refractivity contribution in [2.45, 2.75) is 44.6 Å². The topological polar surface area (TPSA) is 123 Å². The van der Waals surface area contributed by atoms with Crippen LogP contribution in [0.25, 0.3) is 0 Å². The first-order valence-corrected chi connectivity index (χ1v) is 5.33. The quantitative estimate of drug-likeness (QED) is 0.496. The van der Waals surface area contributed by atoms with E-state index >= 15 is 0 Å². The van der Waals surface area contributed by atoms with Crippen LogP contribution in [0.1, 0.15) is 13.8 Å². The van der Waals surface area contributed by atoms with Crippen LogP contribution in [0.3, 0.4) is 0 Å². The number of ether oxygens (including phenoxy) is 3. The molecule has 3 N–H and O–H groups in total. The molecule has 1 fully saturated rings. The van der Waals surface area contributed by atoms with E-state index in [1.54, 1.807) is 0 Å². The molecule has 1 saturated heterocycles. The van der Waals surface area contributed by atoms with Crippen molar-refractivity contribution in [2.75, 3.05) is 6.61 Å². The van der Waals surface area contributed by atoms with Gasteiger partial charge in [0.2, 0.25) is 0 Å². The molecule has 0 spiro atoms. The summed E-state index contributed by atoms with van der Waals surface area (Å²) in [6.07, 6.45) is -7.05. The Morgan fingerprint density at radius 1 is 1.11 bits per heavy atom. The summed E-state index contributed by atoms with van der Waals surface area (Å²) >= 11 is 0. The van der Waals surface area contributed by atoms with Crippen LogP contribution >= 0.6 is 0 Å². The molecule has 0 aromatic heterocycles. The molecule has 0 amide bonds. The van der Waals surface area contributed by atoms with Gasteiger partial charge in [0, 0.05) is 13.8 Å². The Bertz CT molecular complexity index is 317. The average Bonchev–Trinajstić information content (AvgIpc) is 2.27. The summed E-state index contributed by atoms with van der Waals surface area (Å²) < 4.78 is 14.2. The van der Waals surface area contributed by atoms with Gasteiger partial charge in [-0.1, -0.05) is 0 Å². The molecule has 1 aliphatic rings. The summed E-state index contributed by atoms with van der Waals surface area (Å²) in [5, 5.41) is 28.7. The van der Waals surface area contributed by atoms with Gasteiger partial charge >= 0.3 is 11.9 Å². The molecule has 5 atom stereocenters. The van der Waals surface area contributed by atoms with E-state index in [1.165, 1.54) is 6.92 Å². The molecule has 0 aliphatic carbocycles. The Morgan fingerprint density at radius 2 is 1.72 bits per heavy atom. The molecule has 18 heavy (non-hydrogen) atoms. The third-order valence-electron chi connectivity index (χ3n) is 2.41. The molecule has 104 valence electrons. The SMILES string of the molecule is CC(=O)OC[C@@H]1O[C@H](O)[C@@H](O)[C@H](OC(C)=O)[C@H]1O. The predicted octanol–water partition coefficient (Wildman–Crippen LogP) is -2.08. The fourth-order valence-electron chi connectivity index (χ4n) is 1.58. The standard InChI is InChI=1S/C10H16O8/c1-4(11)16-3-6-7(13)9(17-5(2)12)8(14)10(15)18-6/h6-10,13-15H,3H2,1-2H3/t6-,7-,8-,9+,10-/m0/s1. The summed E-state index contributed by atoms with van der Waals surface area (Å²) in [6.45, 7) is 1.95. The molecule has 1 rings (SSSR count). The normalized spacial score (nSPS) is 35.9. The minimum absolute atomic E-state index is 0.321. The number of carbonyl (C=O) groups is 2. The van der Waals surface area contributed by atoms with Crippen LogP contribution in [0.4, 0.5) is 0 Å². The summed E-state index contributed by atoms with van der Waals surface area (Å²) in [5.74, 6) is -1.31. The van der Waals surface area contributed by atoms with Crippen molar-refractivity contribution >= 4 is 11.9 Å². The average molecular weight is 264 g/mol. The van der Waals surface area contributed by atoms with Crippen LogP contribution in [-0.4, -0.2) is 64.6 Å². The Balaban J connectivity index is 2.70. The second kappa shape index (κ2) is 6.10. The molecule has 0 bridgehead atoms. The van der Waals surface area contributed by atoms with Crippen LogP contribution < -0.4 is 0 Å². The lowest BCUT2D eigenvalue weighted by molar-refractivity contribution is -0.290.